The van der Waals surface area contributed by atoms with Gasteiger partial charge in [-0.1, -0.05) is 24.3 Å². The fourth-order valence-electron chi connectivity index (χ4n) is 1.89. The smallest absolute Gasteiger partial charge is 0.302 e. The number of benzene rings is 1. The van der Waals surface area contributed by atoms with Crippen LogP contribution in [0.2, 0.25) is 0 Å². The molecule has 15 heavy (non-hydrogen) atoms. The first kappa shape index (κ1) is 10.5. The monoisotopic (exact) mass is 215 g/mol. The predicted octanol–water partition coefficient (Wildman–Crippen LogP) is 2.65. The maximum atomic E-state index is 12.5. The molecule has 1 aromatic rings. The summed E-state index contributed by atoms with van der Waals surface area (Å²) in [6, 6.07) is 6.13. The Morgan fingerprint density at radius 1 is 1.13 bits per heavy atom. The standard InChI is InChI=1S/C11H12F3N/c12-11(13,14)10-6-5-8-3-1-2-4-9(8)7-15-10/h1-4,10,15H,5-7H2. The Balaban J connectivity index is 2.15. The van der Waals surface area contributed by atoms with E-state index in [4.69, 9.17) is 0 Å². The molecule has 0 aromatic heterocycles. The van der Waals surface area contributed by atoms with Gasteiger partial charge in [0.05, 0.1) is 0 Å². The number of alkyl halides is 3. The Labute approximate surface area is 86.3 Å². The molecule has 1 nitrogen and oxygen atoms in total. The van der Waals surface area contributed by atoms with Crippen LogP contribution >= 0.6 is 0 Å². The molecule has 1 heterocycles. The molecule has 2 rings (SSSR count). The van der Waals surface area contributed by atoms with E-state index in [2.05, 4.69) is 5.32 Å². The van der Waals surface area contributed by atoms with Gasteiger partial charge in [-0.05, 0) is 24.0 Å². The first-order valence-corrected chi connectivity index (χ1v) is 4.94. The summed E-state index contributed by atoms with van der Waals surface area (Å²) < 4.78 is 37.4. The summed E-state index contributed by atoms with van der Waals surface area (Å²) in [6.07, 6.45) is -3.52. The van der Waals surface area contributed by atoms with E-state index in [0.717, 1.165) is 11.1 Å². The topological polar surface area (TPSA) is 12.0 Å². The largest absolute Gasteiger partial charge is 0.403 e. The minimum atomic E-state index is -4.14. The van der Waals surface area contributed by atoms with Crippen LogP contribution < -0.4 is 5.32 Å². The lowest BCUT2D eigenvalue weighted by Crippen LogP contribution is -2.41. The van der Waals surface area contributed by atoms with Crippen molar-refractivity contribution in [2.75, 3.05) is 0 Å². The van der Waals surface area contributed by atoms with Crippen molar-refractivity contribution in [3.8, 4) is 0 Å². The molecule has 1 aliphatic rings. The fourth-order valence-corrected chi connectivity index (χ4v) is 1.89. The average Bonchev–Trinajstić information content (AvgIpc) is 2.38. The van der Waals surface area contributed by atoms with E-state index >= 15 is 0 Å². The third kappa shape index (κ3) is 2.31. The summed E-state index contributed by atoms with van der Waals surface area (Å²) in [5, 5.41) is 2.55. The van der Waals surface area contributed by atoms with Crippen molar-refractivity contribution in [2.24, 2.45) is 0 Å². The van der Waals surface area contributed by atoms with Crippen LogP contribution in [0.4, 0.5) is 13.2 Å². The highest BCUT2D eigenvalue weighted by molar-refractivity contribution is 5.28. The van der Waals surface area contributed by atoms with Gasteiger partial charge in [-0.25, -0.2) is 0 Å². The van der Waals surface area contributed by atoms with Gasteiger partial charge in [0.2, 0.25) is 0 Å². The molecule has 0 saturated heterocycles. The highest BCUT2D eigenvalue weighted by Gasteiger charge is 2.39. The van der Waals surface area contributed by atoms with Crippen LogP contribution in [0.25, 0.3) is 0 Å². The van der Waals surface area contributed by atoms with E-state index in [-0.39, 0.29) is 6.42 Å². The van der Waals surface area contributed by atoms with Gasteiger partial charge in [-0.2, -0.15) is 13.2 Å². The SMILES string of the molecule is FC(F)(F)C1CCc2ccccc2CN1. The lowest BCUT2D eigenvalue weighted by Gasteiger charge is -2.18. The summed E-state index contributed by atoms with van der Waals surface area (Å²) in [6.45, 7) is 0.306. The van der Waals surface area contributed by atoms with Gasteiger partial charge in [0.1, 0.15) is 6.04 Å². The molecule has 1 atom stereocenters. The van der Waals surface area contributed by atoms with Crippen molar-refractivity contribution in [2.45, 2.75) is 31.6 Å². The number of fused-ring (bicyclic) bond motifs is 1. The molecule has 1 aliphatic heterocycles. The number of aryl methyl sites for hydroxylation is 1. The highest BCUT2D eigenvalue weighted by atomic mass is 19.4. The molecular weight excluding hydrogens is 203 g/mol. The van der Waals surface area contributed by atoms with Gasteiger partial charge in [-0.3, -0.25) is 0 Å². The predicted molar refractivity (Wildman–Crippen MR) is 51.4 cm³/mol. The average molecular weight is 215 g/mol. The van der Waals surface area contributed by atoms with Crippen LogP contribution in [0.3, 0.4) is 0 Å². The lowest BCUT2D eigenvalue weighted by atomic mass is 10.0. The number of halogens is 3. The van der Waals surface area contributed by atoms with Crippen LogP contribution in [0, 0.1) is 0 Å². The molecule has 1 aromatic carbocycles. The molecule has 0 radical (unpaired) electrons. The lowest BCUT2D eigenvalue weighted by molar-refractivity contribution is -0.157. The van der Waals surface area contributed by atoms with Crippen molar-refractivity contribution in [1.82, 2.24) is 5.32 Å². The summed E-state index contributed by atoms with van der Waals surface area (Å²) in [5.41, 5.74) is 2.00. The molecular formula is C11H12F3N. The van der Waals surface area contributed by atoms with Crippen molar-refractivity contribution in [1.29, 1.82) is 0 Å². The van der Waals surface area contributed by atoms with Crippen molar-refractivity contribution in [3.63, 3.8) is 0 Å². The Morgan fingerprint density at radius 2 is 1.80 bits per heavy atom. The van der Waals surface area contributed by atoms with Crippen LogP contribution in [0.1, 0.15) is 17.5 Å². The second-order valence-corrected chi connectivity index (χ2v) is 3.78. The highest BCUT2D eigenvalue weighted by Crippen LogP contribution is 2.27. The van der Waals surface area contributed by atoms with Crippen molar-refractivity contribution < 1.29 is 13.2 Å². The molecule has 1 N–H and O–H groups in total. The number of rotatable bonds is 0. The van der Waals surface area contributed by atoms with Gasteiger partial charge in [-0.15, -0.1) is 0 Å². The normalized spacial score (nSPS) is 21.9. The Hall–Kier alpha value is -1.03. The number of hydrogen-bond donors (Lipinski definition) is 1. The molecule has 1 unspecified atom stereocenters. The zero-order valence-corrected chi connectivity index (χ0v) is 8.14. The van der Waals surface area contributed by atoms with Crippen LogP contribution in [0.15, 0.2) is 24.3 Å². The van der Waals surface area contributed by atoms with Crippen molar-refractivity contribution in [3.05, 3.63) is 35.4 Å². The second-order valence-electron chi connectivity index (χ2n) is 3.78. The first-order valence-electron chi connectivity index (χ1n) is 4.94. The van der Waals surface area contributed by atoms with E-state index in [0.29, 0.717) is 13.0 Å². The Bertz CT molecular complexity index is 319. The Morgan fingerprint density at radius 3 is 2.47 bits per heavy atom. The maximum Gasteiger partial charge on any atom is 0.403 e. The molecule has 0 saturated carbocycles. The summed E-state index contributed by atoms with van der Waals surface area (Å²) in [5.74, 6) is 0. The molecule has 0 fully saturated rings. The van der Waals surface area contributed by atoms with Gasteiger partial charge in [0.25, 0.3) is 0 Å². The Kier molecular flexibility index (Phi) is 2.69. The molecule has 0 bridgehead atoms. The summed E-state index contributed by atoms with van der Waals surface area (Å²) in [4.78, 5) is 0. The first-order chi connectivity index (χ1) is 7.07. The fraction of sp³-hybridized carbons (Fsp3) is 0.455. The third-order valence-electron chi connectivity index (χ3n) is 2.75. The van der Waals surface area contributed by atoms with Gasteiger partial charge in [0, 0.05) is 6.54 Å². The van der Waals surface area contributed by atoms with E-state index in [1.807, 2.05) is 24.3 Å². The second kappa shape index (κ2) is 3.85. The number of nitrogens with one attached hydrogen (secondary N) is 1. The molecule has 0 spiro atoms. The molecule has 4 heteroatoms. The quantitative estimate of drug-likeness (QED) is 0.701. The van der Waals surface area contributed by atoms with E-state index in [9.17, 15) is 13.2 Å². The van der Waals surface area contributed by atoms with Gasteiger partial charge < -0.3 is 5.32 Å². The molecule has 82 valence electrons. The van der Waals surface area contributed by atoms with Crippen LogP contribution in [-0.2, 0) is 13.0 Å². The van der Waals surface area contributed by atoms with Crippen LogP contribution in [0.5, 0.6) is 0 Å². The van der Waals surface area contributed by atoms with Crippen molar-refractivity contribution >= 4 is 0 Å². The van der Waals surface area contributed by atoms with E-state index in [1.54, 1.807) is 0 Å². The zero-order chi connectivity index (χ0) is 10.9. The minimum absolute atomic E-state index is 0.126. The molecule has 0 aliphatic carbocycles. The third-order valence-corrected chi connectivity index (χ3v) is 2.75. The van der Waals surface area contributed by atoms with Gasteiger partial charge >= 0.3 is 6.18 Å². The maximum absolute atomic E-state index is 12.5. The van der Waals surface area contributed by atoms with E-state index < -0.39 is 12.2 Å². The molecule has 0 amide bonds. The number of hydrogen-bond acceptors (Lipinski definition) is 1. The summed E-state index contributed by atoms with van der Waals surface area (Å²) in [7, 11) is 0. The van der Waals surface area contributed by atoms with Crippen LogP contribution in [-0.4, -0.2) is 12.2 Å². The van der Waals surface area contributed by atoms with E-state index in [1.165, 1.54) is 0 Å². The van der Waals surface area contributed by atoms with Gasteiger partial charge in [0.15, 0.2) is 0 Å². The zero-order valence-electron chi connectivity index (χ0n) is 8.14. The minimum Gasteiger partial charge on any atom is -0.302 e. The summed E-state index contributed by atoms with van der Waals surface area (Å²) >= 11 is 0.